The Morgan fingerprint density at radius 1 is 1.00 bits per heavy atom. The van der Waals surface area contributed by atoms with E-state index < -0.39 is 0 Å². The van der Waals surface area contributed by atoms with Crippen LogP contribution in [0.5, 0.6) is 0 Å². The van der Waals surface area contributed by atoms with Crippen LogP contribution in [0.25, 0.3) is 0 Å². The van der Waals surface area contributed by atoms with E-state index in [0.717, 1.165) is 29.6 Å². The third-order valence-electron chi connectivity index (χ3n) is 6.31. The van der Waals surface area contributed by atoms with Gasteiger partial charge in [-0.15, -0.1) is 0 Å². The smallest absolute Gasteiger partial charge is 0.0272 e. The van der Waals surface area contributed by atoms with E-state index in [1.807, 2.05) is 0 Å². The molecule has 3 aliphatic carbocycles. The van der Waals surface area contributed by atoms with E-state index in [2.05, 4.69) is 12.3 Å². The summed E-state index contributed by atoms with van der Waals surface area (Å²) in [6.07, 6.45) is 13.0. The van der Waals surface area contributed by atoms with Crippen LogP contribution in [0.15, 0.2) is 0 Å². The van der Waals surface area contributed by atoms with Crippen LogP contribution in [0.4, 0.5) is 0 Å². The molecule has 2 nitrogen and oxygen atoms in total. The summed E-state index contributed by atoms with van der Waals surface area (Å²) in [6, 6.07) is 0.635. The lowest BCUT2D eigenvalue weighted by atomic mass is 9.76. The van der Waals surface area contributed by atoms with Crippen molar-refractivity contribution in [1.29, 1.82) is 0 Å². The topological polar surface area (TPSA) is 38.0 Å². The van der Waals surface area contributed by atoms with Gasteiger partial charge in [0.25, 0.3) is 0 Å². The lowest BCUT2D eigenvalue weighted by Crippen LogP contribution is -2.44. The fourth-order valence-electron chi connectivity index (χ4n) is 5.10. The van der Waals surface area contributed by atoms with Gasteiger partial charge in [0, 0.05) is 6.04 Å². The molecule has 0 heterocycles. The minimum absolute atomic E-state index is 0.635. The van der Waals surface area contributed by atoms with Crippen LogP contribution in [0, 0.1) is 29.6 Å². The number of nitrogens with one attached hydrogen (secondary N) is 1. The molecule has 0 saturated heterocycles. The minimum Gasteiger partial charge on any atom is -0.271 e. The normalized spacial score (nSPS) is 45.3. The third-order valence-corrected chi connectivity index (χ3v) is 6.31. The maximum Gasteiger partial charge on any atom is 0.0272 e. The highest BCUT2D eigenvalue weighted by Crippen LogP contribution is 2.58. The largest absolute Gasteiger partial charge is 0.271 e. The Morgan fingerprint density at radius 2 is 1.61 bits per heavy atom. The van der Waals surface area contributed by atoms with Gasteiger partial charge in [-0.05, 0) is 55.3 Å². The fraction of sp³-hybridized carbons (Fsp3) is 1.00. The van der Waals surface area contributed by atoms with E-state index in [0.29, 0.717) is 6.04 Å². The Kier molecular flexibility index (Phi) is 3.95. The lowest BCUT2D eigenvalue weighted by Gasteiger charge is -2.34. The van der Waals surface area contributed by atoms with E-state index in [4.69, 9.17) is 5.84 Å². The van der Waals surface area contributed by atoms with Gasteiger partial charge in [-0.2, -0.15) is 0 Å². The monoisotopic (exact) mass is 250 g/mol. The highest BCUT2D eigenvalue weighted by atomic mass is 15.2. The molecule has 0 bridgehead atoms. The van der Waals surface area contributed by atoms with Crippen LogP contribution in [-0.2, 0) is 0 Å². The van der Waals surface area contributed by atoms with Gasteiger partial charge in [0.2, 0.25) is 0 Å². The van der Waals surface area contributed by atoms with Gasteiger partial charge in [-0.25, -0.2) is 0 Å². The molecule has 0 radical (unpaired) electrons. The van der Waals surface area contributed by atoms with Crippen molar-refractivity contribution in [1.82, 2.24) is 5.43 Å². The van der Waals surface area contributed by atoms with E-state index in [1.165, 1.54) is 57.8 Å². The summed E-state index contributed by atoms with van der Waals surface area (Å²) in [5.41, 5.74) is 3.22. The molecule has 3 rings (SSSR count). The molecule has 0 aromatic heterocycles. The molecular weight excluding hydrogens is 220 g/mol. The highest BCUT2D eigenvalue weighted by Gasteiger charge is 2.55. The number of rotatable bonds is 4. The summed E-state index contributed by atoms with van der Waals surface area (Å²) in [7, 11) is 0. The van der Waals surface area contributed by atoms with Gasteiger partial charge in [-0.3, -0.25) is 11.3 Å². The Bertz CT molecular complexity index is 258. The first kappa shape index (κ1) is 12.9. The van der Waals surface area contributed by atoms with Crippen molar-refractivity contribution in [2.75, 3.05) is 0 Å². The Balaban J connectivity index is 1.57. The second kappa shape index (κ2) is 5.50. The molecule has 3 fully saturated rings. The number of hydrogen-bond acceptors (Lipinski definition) is 2. The molecule has 0 aromatic carbocycles. The first-order chi connectivity index (χ1) is 8.85. The van der Waals surface area contributed by atoms with Crippen molar-refractivity contribution in [2.24, 2.45) is 35.4 Å². The molecule has 3 saturated carbocycles. The molecule has 0 spiro atoms. The van der Waals surface area contributed by atoms with Gasteiger partial charge in [-0.1, -0.05) is 39.0 Å². The van der Waals surface area contributed by atoms with Crippen LogP contribution >= 0.6 is 0 Å². The van der Waals surface area contributed by atoms with Crippen LogP contribution in [0.1, 0.15) is 64.7 Å². The van der Waals surface area contributed by atoms with Crippen molar-refractivity contribution in [3.8, 4) is 0 Å². The number of hydrogen-bond donors (Lipinski definition) is 2. The van der Waals surface area contributed by atoms with Gasteiger partial charge in [0.15, 0.2) is 0 Å². The van der Waals surface area contributed by atoms with Crippen molar-refractivity contribution < 1.29 is 0 Å². The standard InChI is InChI=1S/C16H30N2/c1-2-11-7-9-12(10-8-11)16(18-17)15-13-5-3-4-6-14(13)15/h11-16,18H,2-10,17H2,1H3. The SMILES string of the molecule is CCC1CCC(C(NN)C2C3CCCCC32)CC1. The Morgan fingerprint density at radius 3 is 2.11 bits per heavy atom. The fourth-order valence-corrected chi connectivity index (χ4v) is 5.10. The van der Waals surface area contributed by atoms with E-state index in [9.17, 15) is 0 Å². The average Bonchev–Trinajstić information content (AvgIpc) is 3.15. The third kappa shape index (κ3) is 2.34. The molecule has 0 amide bonds. The summed E-state index contributed by atoms with van der Waals surface area (Å²) in [6.45, 7) is 2.35. The number of fused-ring (bicyclic) bond motifs is 1. The minimum atomic E-state index is 0.635. The lowest BCUT2D eigenvalue weighted by molar-refractivity contribution is 0.197. The van der Waals surface area contributed by atoms with Gasteiger partial charge in [0.1, 0.15) is 0 Å². The van der Waals surface area contributed by atoms with E-state index in [-0.39, 0.29) is 0 Å². The van der Waals surface area contributed by atoms with Gasteiger partial charge >= 0.3 is 0 Å². The van der Waals surface area contributed by atoms with Gasteiger partial charge in [0.05, 0.1) is 0 Å². The Labute approximate surface area is 112 Å². The highest BCUT2D eigenvalue weighted by molar-refractivity contribution is 5.06. The van der Waals surface area contributed by atoms with Crippen LogP contribution in [-0.4, -0.2) is 6.04 Å². The van der Waals surface area contributed by atoms with E-state index >= 15 is 0 Å². The Hall–Kier alpha value is -0.0800. The average molecular weight is 250 g/mol. The maximum absolute atomic E-state index is 5.92. The van der Waals surface area contributed by atoms with Gasteiger partial charge < -0.3 is 0 Å². The zero-order chi connectivity index (χ0) is 12.5. The van der Waals surface area contributed by atoms with Crippen LogP contribution in [0.3, 0.4) is 0 Å². The summed E-state index contributed by atoms with van der Waals surface area (Å²) >= 11 is 0. The van der Waals surface area contributed by atoms with Crippen LogP contribution < -0.4 is 11.3 Å². The quantitative estimate of drug-likeness (QED) is 0.592. The van der Waals surface area contributed by atoms with Crippen molar-refractivity contribution in [3.63, 3.8) is 0 Å². The van der Waals surface area contributed by atoms with Crippen LogP contribution in [0.2, 0.25) is 0 Å². The molecule has 18 heavy (non-hydrogen) atoms. The summed E-state index contributed by atoms with van der Waals surface area (Å²) in [5.74, 6) is 10.8. The molecule has 104 valence electrons. The molecule has 3 N–H and O–H groups in total. The summed E-state index contributed by atoms with van der Waals surface area (Å²) in [5, 5.41) is 0. The zero-order valence-corrected chi connectivity index (χ0v) is 11.9. The number of nitrogens with two attached hydrogens (primary N) is 1. The second-order valence-corrected chi connectivity index (χ2v) is 7.07. The predicted molar refractivity (Wildman–Crippen MR) is 75.8 cm³/mol. The molecular formula is C16H30N2. The summed E-state index contributed by atoms with van der Waals surface area (Å²) in [4.78, 5) is 0. The molecule has 0 aromatic rings. The predicted octanol–water partition coefficient (Wildman–Crippen LogP) is 3.47. The van der Waals surface area contributed by atoms with Crippen molar-refractivity contribution in [3.05, 3.63) is 0 Å². The first-order valence-electron chi connectivity index (χ1n) is 8.31. The van der Waals surface area contributed by atoms with Crippen molar-refractivity contribution >= 4 is 0 Å². The molecule has 3 unspecified atom stereocenters. The molecule has 3 aliphatic rings. The number of hydrazine groups is 1. The molecule has 2 heteroatoms. The summed E-state index contributed by atoms with van der Waals surface area (Å²) < 4.78 is 0. The molecule has 3 atom stereocenters. The maximum atomic E-state index is 5.92. The van der Waals surface area contributed by atoms with E-state index in [1.54, 1.807) is 0 Å². The first-order valence-corrected chi connectivity index (χ1v) is 8.31. The second-order valence-electron chi connectivity index (χ2n) is 7.07. The van der Waals surface area contributed by atoms with Crippen molar-refractivity contribution in [2.45, 2.75) is 70.8 Å². The molecule has 0 aliphatic heterocycles. The zero-order valence-electron chi connectivity index (χ0n) is 11.9.